The molecule has 2 rings (SSSR count). The molecule has 0 atom stereocenters. The van der Waals surface area contributed by atoms with E-state index in [2.05, 4.69) is 62.6 Å². The van der Waals surface area contributed by atoms with Gasteiger partial charge in [-0.1, -0.05) is 31.6 Å². The van der Waals surface area contributed by atoms with Gasteiger partial charge in [0, 0.05) is 28.9 Å². The molecule has 0 aliphatic heterocycles. The van der Waals surface area contributed by atoms with Crippen molar-refractivity contribution < 1.29 is 14.3 Å². The van der Waals surface area contributed by atoms with Crippen molar-refractivity contribution in [2.45, 2.75) is 60.3 Å². The largest absolute Gasteiger partial charge is 0.471 e. The molecule has 152 valence electrons. The van der Waals surface area contributed by atoms with E-state index in [1.165, 1.54) is 30.5 Å². The van der Waals surface area contributed by atoms with Crippen LogP contribution in [0, 0.1) is 36.0 Å². The fourth-order valence-electron chi connectivity index (χ4n) is 2.46. The Balaban J connectivity index is 0.000000444. The van der Waals surface area contributed by atoms with Crippen LogP contribution in [0.5, 0.6) is 0 Å². The van der Waals surface area contributed by atoms with Crippen molar-refractivity contribution in [2.24, 2.45) is 17.3 Å². The van der Waals surface area contributed by atoms with Crippen LogP contribution in [0.4, 0.5) is 5.69 Å². The van der Waals surface area contributed by atoms with Gasteiger partial charge in [0.2, 0.25) is 0 Å². The number of aryl methyl sites for hydroxylation is 1. The Morgan fingerprint density at radius 1 is 1.22 bits per heavy atom. The van der Waals surface area contributed by atoms with Crippen molar-refractivity contribution in [2.75, 3.05) is 19.5 Å². The summed E-state index contributed by atoms with van der Waals surface area (Å²) < 4.78 is 3.86. The molecule has 27 heavy (non-hydrogen) atoms. The molecule has 1 aliphatic rings. The highest BCUT2D eigenvalue weighted by Crippen LogP contribution is 2.26. The van der Waals surface area contributed by atoms with Gasteiger partial charge in [0.15, 0.2) is 0 Å². The van der Waals surface area contributed by atoms with Gasteiger partial charge in [0.1, 0.15) is 6.29 Å². The number of methoxy groups -OCH3 is 1. The second kappa shape index (κ2) is 13.4. The summed E-state index contributed by atoms with van der Waals surface area (Å²) in [6.45, 7) is 11.1. The first-order valence-electron chi connectivity index (χ1n) is 9.39. The van der Waals surface area contributed by atoms with Crippen molar-refractivity contribution in [3.05, 3.63) is 15.8 Å². The molecule has 0 aromatic carbocycles. The highest BCUT2D eigenvalue weighted by atomic mass is 32.1. The summed E-state index contributed by atoms with van der Waals surface area (Å²) >= 11 is 1.74. The Morgan fingerprint density at radius 3 is 2.15 bits per heavy atom. The lowest BCUT2D eigenvalue weighted by molar-refractivity contribution is -0.126. The van der Waals surface area contributed by atoms with Gasteiger partial charge in [-0.05, 0) is 52.5 Å². The molecule has 1 fully saturated rings. The van der Waals surface area contributed by atoms with Gasteiger partial charge in [0.25, 0.3) is 6.47 Å². The van der Waals surface area contributed by atoms with Gasteiger partial charge < -0.3 is 14.8 Å². The van der Waals surface area contributed by atoms with Crippen LogP contribution < -0.4 is 5.32 Å². The minimum Gasteiger partial charge on any atom is -0.471 e. The molecular formula is C22H35NO3S. The molecule has 0 amide bonds. The predicted octanol–water partition coefficient (Wildman–Crippen LogP) is 5.30. The summed E-state index contributed by atoms with van der Waals surface area (Å²) in [5.74, 6) is 7.70. The van der Waals surface area contributed by atoms with E-state index in [4.69, 9.17) is 4.79 Å². The maximum atomic E-state index is 10.3. The lowest BCUT2D eigenvalue weighted by Gasteiger charge is -2.21. The number of nitrogens with one attached hydrogen (secondary N) is 1. The second-order valence-electron chi connectivity index (χ2n) is 7.82. The Hall–Kier alpha value is -1.80. The number of rotatable bonds is 3. The first kappa shape index (κ1) is 25.2. The summed E-state index contributed by atoms with van der Waals surface area (Å²) in [6.07, 6.45) is 5.88. The summed E-state index contributed by atoms with van der Waals surface area (Å²) in [5.41, 5.74) is 1.27. The molecule has 1 heterocycles. The number of carbonyl (C=O) groups is 2. The Kier molecular flexibility index (Phi) is 12.5. The lowest BCUT2D eigenvalue weighted by Crippen LogP contribution is -2.12. The van der Waals surface area contributed by atoms with Gasteiger partial charge >= 0.3 is 0 Å². The zero-order valence-corrected chi connectivity index (χ0v) is 18.7. The molecule has 1 N–H and O–H groups in total. The van der Waals surface area contributed by atoms with Gasteiger partial charge in [-0.3, -0.25) is 4.79 Å². The molecular weight excluding hydrogens is 358 g/mol. The van der Waals surface area contributed by atoms with Crippen molar-refractivity contribution in [1.82, 2.24) is 0 Å². The summed E-state index contributed by atoms with van der Waals surface area (Å²) in [5, 5.41) is 3.16. The van der Waals surface area contributed by atoms with Crippen LogP contribution in [0.2, 0.25) is 0 Å². The molecule has 4 nitrogen and oxygen atoms in total. The first-order valence-corrected chi connectivity index (χ1v) is 10.2. The molecule has 0 radical (unpaired) electrons. The molecule has 0 spiro atoms. The Labute approximate surface area is 169 Å². The van der Waals surface area contributed by atoms with E-state index >= 15 is 0 Å². The molecule has 1 aromatic heterocycles. The van der Waals surface area contributed by atoms with Crippen molar-refractivity contribution >= 4 is 29.8 Å². The van der Waals surface area contributed by atoms with Crippen LogP contribution in [-0.4, -0.2) is 26.9 Å². The fourth-order valence-corrected chi connectivity index (χ4v) is 3.34. The Morgan fingerprint density at radius 2 is 1.78 bits per heavy atom. The van der Waals surface area contributed by atoms with E-state index in [0.29, 0.717) is 12.4 Å². The summed E-state index contributed by atoms with van der Waals surface area (Å²) in [4.78, 5) is 21.7. The number of aldehydes is 1. The van der Waals surface area contributed by atoms with E-state index in [9.17, 15) is 4.79 Å². The third-order valence-electron chi connectivity index (χ3n) is 4.10. The minimum absolute atomic E-state index is 0.0811. The molecule has 0 bridgehead atoms. The quantitative estimate of drug-likeness (QED) is 0.559. The minimum atomic E-state index is 0.0811. The van der Waals surface area contributed by atoms with Crippen LogP contribution in [0.25, 0.3) is 0 Å². The van der Waals surface area contributed by atoms with Gasteiger partial charge in [-0.25, -0.2) is 0 Å². The second-order valence-corrected chi connectivity index (χ2v) is 9.07. The maximum Gasteiger partial charge on any atom is 0.292 e. The SMILES string of the molecule is CC1CCC(C=O)CC1.CNc1cc(C#CC(C)(C)C)sc1C.COC=O. The van der Waals surface area contributed by atoms with E-state index in [0.717, 1.165) is 29.9 Å². The summed E-state index contributed by atoms with van der Waals surface area (Å²) in [6, 6.07) is 2.11. The zero-order chi connectivity index (χ0) is 20.9. The zero-order valence-electron chi connectivity index (χ0n) is 17.8. The third-order valence-corrected chi connectivity index (χ3v) is 5.06. The normalized spacial score (nSPS) is 18.3. The molecule has 1 aliphatic carbocycles. The maximum absolute atomic E-state index is 10.3. The number of hydrogen-bond acceptors (Lipinski definition) is 5. The van der Waals surface area contributed by atoms with Crippen LogP contribution in [0.3, 0.4) is 0 Å². The van der Waals surface area contributed by atoms with Crippen LogP contribution in [0.1, 0.15) is 63.1 Å². The molecule has 1 aromatic rings. The molecule has 0 saturated heterocycles. The standard InChI is InChI=1S/C12H17NS.C8H14O.C2H4O2/c1-9-11(13-5)8-10(14-9)6-7-12(2,3)4;1-7-2-4-8(6-9)5-3-7;1-4-2-3/h8,13H,1-5H3;6-8H,2-5H2,1H3;2H,1H3. The van der Waals surface area contributed by atoms with Crippen LogP contribution in [-0.2, 0) is 14.3 Å². The van der Waals surface area contributed by atoms with Crippen LogP contribution in [0.15, 0.2) is 6.07 Å². The monoisotopic (exact) mass is 393 g/mol. The average Bonchev–Trinajstić information content (AvgIpc) is 3.01. The number of carbonyl (C=O) groups excluding carboxylic acids is 2. The first-order chi connectivity index (χ1) is 12.7. The number of ether oxygens (including phenoxy) is 1. The molecule has 0 unspecified atom stereocenters. The van der Waals surface area contributed by atoms with E-state index in [-0.39, 0.29) is 5.41 Å². The fraction of sp³-hybridized carbons (Fsp3) is 0.636. The molecule has 1 saturated carbocycles. The average molecular weight is 394 g/mol. The predicted molar refractivity (Wildman–Crippen MR) is 115 cm³/mol. The van der Waals surface area contributed by atoms with E-state index in [1.54, 1.807) is 11.3 Å². The highest BCUT2D eigenvalue weighted by molar-refractivity contribution is 7.13. The third kappa shape index (κ3) is 12.3. The summed E-state index contributed by atoms with van der Waals surface area (Å²) in [7, 11) is 3.25. The van der Waals surface area contributed by atoms with Crippen molar-refractivity contribution in [1.29, 1.82) is 0 Å². The van der Waals surface area contributed by atoms with Gasteiger partial charge in [-0.2, -0.15) is 0 Å². The smallest absolute Gasteiger partial charge is 0.292 e. The van der Waals surface area contributed by atoms with Crippen LogP contribution >= 0.6 is 11.3 Å². The number of anilines is 1. The Bertz CT molecular complexity index is 612. The van der Waals surface area contributed by atoms with E-state index < -0.39 is 0 Å². The topological polar surface area (TPSA) is 55.4 Å². The van der Waals surface area contributed by atoms with Crippen molar-refractivity contribution in [3.8, 4) is 11.8 Å². The van der Waals surface area contributed by atoms with E-state index in [1.807, 2.05) is 7.05 Å². The van der Waals surface area contributed by atoms with Crippen molar-refractivity contribution in [3.63, 3.8) is 0 Å². The highest BCUT2D eigenvalue weighted by Gasteiger charge is 2.16. The number of thiophene rings is 1. The number of hydrogen-bond donors (Lipinski definition) is 1. The van der Waals surface area contributed by atoms with Gasteiger partial charge in [0.05, 0.1) is 12.0 Å². The lowest BCUT2D eigenvalue weighted by atomic mass is 9.84. The van der Waals surface area contributed by atoms with Gasteiger partial charge in [-0.15, -0.1) is 11.3 Å². The molecule has 5 heteroatoms.